The van der Waals surface area contributed by atoms with E-state index >= 15 is 0 Å². The minimum atomic E-state index is -2.70. The van der Waals surface area contributed by atoms with E-state index < -0.39 is 8.32 Å². The third kappa shape index (κ3) is 7.08. The first-order chi connectivity index (χ1) is 22.0. The van der Waals surface area contributed by atoms with Crippen molar-refractivity contribution in [3.63, 3.8) is 0 Å². The van der Waals surface area contributed by atoms with E-state index in [0.29, 0.717) is 25.4 Å². The molecule has 1 aromatic heterocycles. The molecule has 46 heavy (non-hydrogen) atoms. The Kier molecular flexibility index (Phi) is 10.1. The Morgan fingerprint density at radius 1 is 0.848 bits per heavy atom. The van der Waals surface area contributed by atoms with Crippen LogP contribution in [0.5, 0.6) is 0 Å². The van der Waals surface area contributed by atoms with Crippen molar-refractivity contribution < 1.29 is 18.4 Å². The summed E-state index contributed by atoms with van der Waals surface area (Å²) in [5.41, 5.74) is 2.76. The van der Waals surface area contributed by atoms with Crippen LogP contribution in [0.2, 0.25) is 5.04 Å². The van der Waals surface area contributed by atoms with Crippen molar-refractivity contribution in [2.45, 2.75) is 66.3 Å². The van der Waals surface area contributed by atoms with E-state index in [2.05, 4.69) is 120 Å². The lowest BCUT2D eigenvalue weighted by Gasteiger charge is -2.43. The van der Waals surface area contributed by atoms with Gasteiger partial charge in [0.2, 0.25) is 0 Å². The quantitative estimate of drug-likeness (QED) is 0.115. The molecule has 0 bridgehead atoms. The molecule has 3 aromatic carbocycles. The van der Waals surface area contributed by atoms with Crippen LogP contribution in [0.4, 0.5) is 5.69 Å². The molecule has 6 heteroatoms. The number of rotatable bonds is 12. The van der Waals surface area contributed by atoms with Crippen LogP contribution in [0.25, 0.3) is 17.0 Å². The number of hydrogen-bond acceptors (Lipinski definition) is 5. The van der Waals surface area contributed by atoms with Crippen LogP contribution in [0, 0.1) is 5.41 Å². The number of ether oxygens (including phenoxy) is 1. The first-order valence-electron chi connectivity index (χ1n) is 16.6. The zero-order chi connectivity index (χ0) is 33.0. The van der Waals surface area contributed by atoms with Crippen LogP contribution in [-0.4, -0.2) is 40.4 Å². The summed E-state index contributed by atoms with van der Waals surface area (Å²) in [5.74, 6) is 1.24. The molecular formula is C40H49NO4Si. The summed E-state index contributed by atoms with van der Waals surface area (Å²) in [5, 5.41) is 3.37. The van der Waals surface area contributed by atoms with Crippen molar-refractivity contribution in [3.05, 3.63) is 108 Å². The number of Topliss-reactive ketones (excluding diaryl/α,β-unsaturated/α-hetero) is 1. The van der Waals surface area contributed by atoms with E-state index in [1.54, 1.807) is 0 Å². The van der Waals surface area contributed by atoms with Crippen molar-refractivity contribution in [3.8, 4) is 0 Å². The second-order valence-electron chi connectivity index (χ2n) is 14.0. The van der Waals surface area contributed by atoms with Gasteiger partial charge in [-0.1, -0.05) is 101 Å². The molecule has 0 N–H and O–H groups in total. The summed E-state index contributed by atoms with van der Waals surface area (Å²) in [6, 6.07) is 29.6. The molecule has 1 aliphatic carbocycles. The SMILES string of the molecule is CCN(CC)c1ccc2cc(C=CC3=C(OCCO[Si](c4ccccc4)(c4ccccc4)C(C)(C)C)C(=O)CC(C)(C)C3)oc2c1. The number of allylic oxidation sites excluding steroid dienone is 3. The molecule has 5 nitrogen and oxygen atoms in total. The summed E-state index contributed by atoms with van der Waals surface area (Å²) in [6.45, 7) is 17.9. The number of anilines is 1. The molecule has 0 saturated carbocycles. The van der Waals surface area contributed by atoms with E-state index in [1.165, 1.54) is 10.4 Å². The second kappa shape index (κ2) is 13.9. The summed E-state index contributed by atoms with van der Waals surface area (Å²) in [4.78, 5) is 15.8. The van der Waals surface area contributed by atoms with Crippen LogP contribution in [0.3, 0.4) is 0 Å². The Balaban J connectivity index is 1.39. The normalized spacial score (nSPS) is 15.6. The van der Waals surface area contributed by atoms with Crippen molar-refractivity contribution in [1.29, 1.82) is 0 Å². The fourth-order valence-corrected chi connectivity index (χ4v) is 11.4. The van der Waals surface area contributed by atoms with Gasteiger partial charge in [0, 0.05) is 36.7 Å². The molecule has 5 rings (SSSR count). The molecule has 242 valence electrons. The molecule has 0 amide bonds. The summed E-state index contributed by atoms with van der Waals surface area (Å²) in [6.07, 6.45) is 5.16. The lowest BCUT2D eigenvalue weighted by atomic mass is 9.76. The molecule has 0 spiro atoms. The Morgan fingerprint density at radius 2 is 1.48 bits per heavy atom. The van der Waals surface area contributed by atoms with Crippen LogP contribution < -0.4 is 15.3 Å². The van der Waals surface area contributed by atoms with Crippen LogP contribution in [0.1, 0.15) is 67.1 Å². The number of furan rings is 1. The van der Waals surface area contributed by atoms with Gasteiger partial charge in [0.05, 0.1) is 6.61 Å². The van der Waals surface area contributed by atoms with E-state index in [1.807, 2.05) is 30.4 Å². The molecule has 4 aromatic rings. The van der Waals surface area contributed by atoms with Crippen LogP contribution in [0.15, 0.2) is 107 Å². The average Bonchev–Trinajstić information content (AvgIpc) is 3.44. The smallest absolute Gasteiger partial charge is 0.261 e. The van der Waals surface area contributed by atoms with Gasteiger partial charge in [0.15, 0.2) is 11.5 Å². The molecule has 0 atom stereocenters. The Bertz CT molecular complexity index is 1650. The van der Waals surface area contributed by atoms with Crippen molar-refractivity contribution in [2.75, 3.05) is 31.2 Å². The summed E-state index contributed by atoms with van der Waals surface area (Å²) < 4.78 is 19.6. The largest absolute Gasteiger partial charge is 0.487 e. The Labute approximate surface area is 276 Å². The Morgan fingerprint density at radius 3 is 2.07 bits per heavy atom. The predicted molar refractivity (Wildman–Crippen MR) is 193 cm³/mol. The van der Waals surface area contributed by atoms with Crippen molar-refractivity contribution >= 4 is 47.2 Å². The van der Waals surface area contributed by atoms with Gasteiger partial charge in [-0.15, -0.1) is 0 Å². The van der Waals surface area contributed by atoms with Gasteiger partial charge < -0.3 is 18.5 Å². The van der Waals surface area contributed by atoms with E-state index in [-0.39, 0.29) is 16.2 Å². The zero-order valence-corrected chi connectivity index (χ0v) is 29.6. The molecular weight excluding hydrogens is 587 g/mol. The van der Waals surface area contributed by atoms with E-state index in [0.717, 1.165) is 47.5 Å². The second-order valence-corrected chi connectivity index (χ2v) is 18.3. The maximum atomic E-state index is 13.4. The Hall–Kier alpha value is -3.87. The number of carbonyl (C=O) groups excluding carboxylic acids is 1. The summed E-state index contributed by atoms with van der Waals surface area (Å²) >= 11 is 0. The van der Waals surface area contributed by atoms with Gasteiger partial charge in [-0.25, -0.2) is 0 Å². The molecule has 1 aliphatic rings. The molecule has 1 heterocycles. The fraction of sp³-hybridized carbons (Fsp3) is 0.375. The highest BCUT2D eigenvalue weighted by Gasteiger charge is 2.50. The molecule has 0 saturated heterocycles. The highest BCUT2D eigenvalue weighted by Crippen LogP contribution is 2.39. The van der Waals surface area contributed by atoms with Crippen LogP contribution in [-0.2, 0) is 14.0 Å². The van der Waals surface area contributed by atoms with Crippen LogP contribution >= 0.6 is 0 Å². The van der Waals surface area contributed by atoms with Gasteiger partial charge >= 0.3 is 0 Å². The number of hydrogen-bond donors (Lipinski definition) is 0. The first-order valence-corrected chi connectivity index (χ1v) is 18.5. The number of carbonyl (C=O) groups is 1. The lowest BCUT2D eigenvalue weighted by Crippen LogP contribution is -2.66. The topological polar surface area (TPSA) is 51.9 Å². The van der Waals surface area contributed by atoms with Gasteiger partial charge in [-0.3, -0.25) is 4.79 Å². The minimum Gasteiger partial charge on any atom is -0.487 e. The minimum absolute atomic E-state index is 0.0369. The lowest BCUT2D eigenvalue weighted by molar-refractivity contribution is -0.121. The van der Waals surface area contributed by atoms with Gasteiger partial charge in [-0.05, 0) is 70.9 Å². The monoisotopic (exact) mass is 635 g/mol. The standard InChI is InChI=1S/C40H49NO4Si/c1-8-41(9-2)32-22-20-30-26-33(45-37(30)27-32)23-21-31-28-40(6,7)29-36(42)38(31)43-24-25-44-46(39(3,4)5,34-16-12-10-13-17-34)35-18-14-11-15-19-35/h10-23,26-27H,8-9,24-25,28-29H2,1-7H3. The van der Waals surface area contributed by atoms with Crippen molar-refractivity contribution in [2.24, 2.45) is 5.41 Å². The molecule has 0 aliphatic heterocycles. The first kappa shape index (κ1) is 33.5. The number of nitrogens with zero attached hydrogens (tertiary/aromatic N) is 1. The zero-order valence-electron chi connectivity index (χ0n) is 28.6. The number of ketones is 1. The molecule has 0 radical (unpaired) electrons. The van der Waals surface area contributed by atoms with E-state index in [4.69, 9.17) is 13.6 Å². The number of benzene rings is 3. The third-order valence-corrected chi connectivity index (χ3v) is 14.1. The average molecular weight is 636 g/mol. The molecule has 0 fully saturated rings. The molecule has 0 unspecified atom stereocenters. The van der Waals surface area contributed by atoms with Crippen molar-refractivity contribution in [1.82, 2.24) is 0 Å². The van der Waals surface area contributed by atoms with Gasteiger partial charge in [0.1, 0.15) is 18.0 Å². The fourth-order valence-electron chi connectivity index (χ4n) is 6.85. The highest BCUT2D eigenvalue weighted by atomic mass is 28.4. The predicted octanol–water partition coefficient (Wildman–Crippen LogP) is 8.53. The third-order valence-electron chi connectivity index (χ3n) is 9.02. The van der Waals surface area contributed by atoms with Gasteiger partial charge in [0.25, 0.3) is 8.32 Å². The highest BCUT2D eigenvalue weighted by molar-refractivity contribution is 6.99. The summed E-state index contributed by atoms with van der Waals surface area (Å²) in [7, 11) is -2.70. The van der Waals surface area contributed by atoms with E-state index in [9.17, 15) is 4.79 Å². The maximum absolute atomic E-state index is 13.4. The van der Waals surface area contributed by atoms with Gasteiger partial charge in [-0.2, -0.15) is 0 Å². The number of fused-ring (bicyclic) bond motifs is 1. The maximum Gasteiger partial charge on any atom is 0.261 e.